The van der Waals surface area contributed by atoms with E-state index in [2.05, 4.69) is 0 Å². The molecule has 0 radical (unpaired) electrons. The van der Waals surface area contributed by atoms with Gasteiger partial charge in [-0.05, 0) is 24.6 Å². The number of fused-ring (bicyclic) bond motifs is 1. The number of aromatic nitrogens is 1. The van der Waals surface area contributed by atoms with Crippen LogP contribution in [0.1, 0.15) is 19.4 Å². The normalized spacial score (nSPS) is 12.8. The summed E-state index contributed by atoms with van der Waals surface area (Å²) in [6, 6.07) is 4.06. The minimum Gasteiger partial charge on any atom is -0.408 e. The molecule has 0 spiro atoms. The van der Waals surface area contributed by atoms with E-state index in [-0.39, 0.29) is 0 Å². The first-order valence-corrected chi connectivity index (χ1v) is 5.52. The van der Waals surface area contributed by atoms with Crippen LogP contribution in [-0.4, -0.2) is 10.5 Å². The van der Waals surface area contributed by atoms with Crippen LogP contribution in [0, 0.1) is 0 Å². The monoisotopic (exact) mass is 254 g/mol. The molecule has 90 valence electrons. The van der Waals surface area contributed by atoms with E-state index in [1.807, 2.05) is 0 Å². The lowest BCUT2D eigenvalue weighted by molar-refractivity contribution is -0.121. The van der Waals surface area contributed by atoms with Gasteiger partial charge in [-0.25, -0.2) is 4.79 Å². The number of amides is 1. The van der Waals surface area contributed by atoms with Crippen molar-refractivity contribution in [3.8, 4) is 0 Å². The van der Waals surface area contributed by atoms with Crippen LogP contribution in [0.25, 0.3) is 11.1 Å². The van der Waals surface area contributed by atoms with E-state index in [0.717, 1.165) is 0 Å². The van der Waals surface area contributed by atoms with Gasteiger partial charge >= 0.3 is 5.76 Å². The Labute approximate surface area is 102 Å². The number of primary amides is 1. The second kappa shape index (κ2) is 4.25. The molecule has 1 aromatic carbocycles. The Bertz CT molecular complexity index is 629. The van der Waals surface area contributed by atoms with Crippen LogP contribution < -0.4 is 11.5 Å². The highest BCUT2D eigenvalue weighted by Gasteiger charge is 2.21. The Hall–Kier alpha value is -1.75. The van der Waals surface area contributed by atoms with Crippen molar-refractivity contribution in [2.45, 2.75) is 19.4 Å². The van der Waals surface area contributed by atoms with Crippen LogP contribution in [0.5, 0.6) is 0 Å². The minimum absolute atomic E-state index is 0.388. The smallest absolute Gasteiger partial charge is 0.408 e. The number of halogens is 1. The third-order valence-corrected chi connectivity index (χ3v) is 2.84. The third-order valence-electron chi connectivity index (χ3n) is 2.60. The second-order valence-electron chi connectivity index (χ2n) is 3.68. The lowest BCUT2D eigenvalue weighted by Gasteiger charge is -2.11. The van der Waals surface area contributed by atoms with Crippen LogP contribution in [-0.2, 0) is 4.79 Å². The molecule has 1 amide bonds. The van der Waals surface area contributed by atoms with E-state index >= 15 is 0 Å². The predicted molar refractivity (Wildman–Crippen MR) is 64.0 cm³/mol. The van der Waals surface area contributed by atoms with Crippen molar-refractivity contribution < 1.29 is 9.21 Å². The van der Waals surface area contributed by atoms with Gasteiger partial charge in [0.25, 0.3) is 0 Å². The summed E-state index contributed by atoms with van der Waals surface area (Å²) in [5.74, 6) is -1.18. The molecular formula is C11H11ClN2O3. The molecule has 0 bridgehead atoms. The van der Waals surface area contributed by atoms with E-state index in [1.54, 1.807) is 25.1 Å². The van der Waals surface area contributed by atoms with Crippen molar-refractivity contribution in [3.05, 3.63) is 33.8 Å². The molecule has 1 atom stereocenters. The van der Waals surface area contributed by atoms with Gasteiger partial charge in [0.1, 0.15) is 6.04 Å². The number of nitrogens with two attached hydrogens (primary N) is 1. The summed E-state index contributed by atoms with van der Waals surface area (Å²) >= 11 is 5.85. The van der Waals surface area contributed by atoms with Gasteiger partial charge in [0.2, 0.25) is 5.91 Å². The van der Waals surface area contributed by atoms with E-state index in [0.29, 0.717) is 22.5 Å². The fourth-order valence-corrected chi connectivity index (χ4v) is 1.98. The van der Waals surface area contributed by atoms with Crippen LogP contribution >= 0.6 is 11.6 Å². The maximum atomic E-state index is 11.7. The molecule has 0 aliphatic carbocycles. The minimum atomic E-state index is -0.720. The van der Waals surface area contributed by atoms with Gasteiger partial charge in [0.15, 0.2) is 5.58 Å². The number of nitrogens with zero attached hydrogens (tertiary/aromatic N) is 1. The Kier molecular flexibility index (Phi) is 2.93. The zero-order valence-electron chi connectivity index (χ0n) is 9.14. The summed E-state index contributed by atoms with van der Waals surface area (Å²) in [7, 11) is 0. The number of benzene rings is 1. The molecule has 0 saturated carbocycles. The van der Waals surface area contributed by atoms with Gasteiger partial charge in [0, 0.05) is 5.02 Å². The predicted octanol–water partition coefficient (Wildman–Crippen LogP) is 1.68. The highest BCUT2D eigenvalue weighted by atomic mass is 35.5. The van der Waals surface area contributed by atoms with Crippen molar-refractivity contribution >= 4 is 28.6 Å². The lowest BCUT2D eigenvalue weighted by Crippen LogP contribution is -2.31. The first-order valence-electron chi connectivity index (χ1n) is 5.14. The molecule has 1 unspecified atom stereocenters. The number of hydrogen-bond acceptors (Lipinski definition) is 3. The van der Waals surface area contributed by atoms with E-state index in [9.17, 15) is 9.59 Å². The van der Waals surface area contributed by atoms with Crippen molar-refractivity contribution in [1.29, 1.82) is 0 Å². The summed E-state index contributed by atoms with van der Waals surface area (Å²) in [6.07, 6.45) is 0.413. The maximum absolute atomic E-state index is 11.7. The summed E-state index contributed by atoms with van der Waals surface area (Å²) in [5.41, 5.74) is 6.13. The molecule has 1 aromatic heterocycles. The summed E-state index contributed by atoms with van der Waals surface area (Å²) in [5, 5.41) is 0.464. The highest BCUT2D eigenvalue weighted by molar-refractivity contribution is 6.31. The van der Waals surface area contributed by atoms with Gasteiger partial charge in [-0.3, -0.25) is 9.36 Å². The lowest BCUT2D eigenvalue weighted by atomic mass is 10.2. The summed E-state index contributed by atoms with van der Waals surface area (Å²) in [4.78, 5) is 23.0. The Morgan fingerprint density at radius 1 is 1.59 bits per heavy atom. The second-order valence-corrected chi connectivity index (χ2v) is 4.11. The Morgan fingerprint density at radius 2 is 2.29 bits per heavy atom. The van der Waals surface area contributed by atoms with E-state index < -0.39 is 17.7 Å². The molecule has 2 aromatic rings. The van der Waals surface area contributed by atoms with E-state index in [1.165, 1.54) is 4.57 Å². The van der Waals surface area contributed by atoms with Gasteiger partial charge < -0.3 is 10.2 Å². The van der Waals surface area contributed by atoms with Crippen molar-refractivity contribution in [2.75, 3.05) is 0 Å². The fraction of sp³-hybridized carbons (Fsp3) is 0.273. The summed E-state index contributed by atoms with van der Waals surface area (Å²) < 4.78 is 6.27. The number of hydrogen-bond donors (Lipinski definition) is 1. The van der Waals surface area contributed by atoms with Crippen LogP contribution in [0.4, 0.5) is 0 Å². The quantitative estimate of drug-likeness (QED) is 0.905. The number of carbonyl (C=O) groups excluding carboxylic acids is 1. The van der Waals surface area contributed by atoms with Crippen molar-refractivity contribution in [1.82, 2.24) is 4.57 Å². The summed E-state index contributed by atoms with van der Waals surface area (Å²) in [6.45, 7) is 1.77. The standard InChI is InChI=1S/C11H11ClN2O3/c1-2-7(10(13)15)14-8-5-6(12)3-4-9(8)17-11(14)16/h3-5,7H,2H2,1H3,(H2,13,15). The molecule has 6 heteroatoms. The molecule has 2 rings (SSSR count). The zero-order valence-corrected chi connectivity index (χ0v) is 9.90. The zero-order chi connectivity index (χ0) is 12.6. The Balaban J connectivity index is 2.75. The number of oxazole rings is 1. The van der Waals surface area contributed by atoms with Gasteiger partial charge in [-0.15, -0.1) is 0 Å². The number of carbonyl (C=O) groups is 1. The average Bonchev–Trinajstić information content (AvgIpc) is 2.56. The third kappa shape index (κ3) is 1.93. The van der Waals surface area contributed by atoms with Crippen molar-refractivity contribution in [2.24, 2.45) is 5.73 Å². The highest BCUT2D eigenvalue weighted by Crippen LogP contribution is 2.22. The first-order chi connectivity index (χ1) is 8.04. The topological polar surface area (TPSA) is 78.2 Å². The van der Waals surface area contributed by atoms with Crippen molar-refractivity contribution in [3.63, 3.8) is 0 Å². The SMILES string of the molecule is CCC(C(N)=O)n1c(=O)oc2ccc(Cl)cc21. The molecule has 1 heterocycles. The van der Waals surface area contributed by atoms with Gasteiger partial charge in [-0.2, -0.15) is 0 Å². The molecule has 0 aliphatic heterocycles. The fourth-order valence-electron chi connectivity index (χ4n) is 1.81. The van der Waals surface area contributed by atoms with Crippen LogP contribution in [0.3, 0.4) is 0 Å². The van der Waals surface area contributed by atoms with Crippen LogP contribution in [0.15, 0.2) is 27.4 Å². The molecular weight excluding hydrogens is 244 g/mol. The molecule has 0 fully saturated rings. The molecule has 5 nitrogen and oxygen atoms in total. The molecule has 0 saturated heterocycles. The van der Waals surface area contributed by atoms with Gasteiger partial charge in [0.05, 0.1) is 5.52 Å². The molecule has 17 heavy (non-hydrogen) atoms. The Morgan fingerprint density at radius 3 is 2.88 bits per heavy atom. The van der Waals surface area contributed by atoms with Crippen LogP contribution in [0.2, 0.25) is 5.02 Å². The average molecular weight is 255 g/mol. The first kappa shape index (κ1) is 11.7. The maximum Gasteiger partial charge on any atom is 0.420 e. The molecule has 0 aliphatic rings. The number of rotatable bonds is 3. The van der Waals surface area contributed by atoms with E-state index in [4.69, 9.17) is 21.8 Å². The largest absolute Gasteiger partial charge is 0.420 e. The molecule has 2 N–H and O–H groups in total. The van der Waals surface area contributed by atoms with Gasteiger partial charge in [-0.1, -0.05) is 18.5 Å².